The number of carbonyl (C=O) groups is 7. The number of nitrogens with two attached hydrogens (primary N) is 1. The third-order valence-corrected chi connectivity index (χ3v) is 13.0. The van der Waals surface area contributed by atoms with Gasteiger partial charge in [0.2, 0.25) is 41.4 Å². The van der Waals surface area contributed by atoms with Gasteiger partial charge in [-0.15, -0.1) is 0 Å². The van der Waals surface area contributed by atoms with E-state index < -0.39 is 76.1 Å². The molecule has 20 heteroatoms. The molecule has 19 nitrogen and oxygen atoms in total. The Morgan fingerprint density at radius 2 is 1.57 bits per heavy atom. The maximum absolute atomic E-state index is 14.6. The lowest BCUT2D eigenvalue weighted by Gasteiger charge is -2.39. The van der Waals surface area contributed by atoms with E-state index in [4.69, 9.17) is 5.73 Å². The first-order valence-corrected chi connectivity index (χ1v) is 23.0. The number of rotatable bonds is 19. The molecular weight excluding hydrogens is 892 g/mol. The number of hydrogen-bond acceptors (Lipinski definition) is 10. The molecule has 3 aromatic carbocycles. The lowest BCUT2D eigenvalue weighted by molar-refractivity contribution is -0.384. The van der Waals surface area contributed by atoms with E-state index in [1.807, 2.05) is 37.5 Å². The van der Waals surface area contributed by atoms with Gasteiger partial charge in [-0.25, -0.2) is 4.39 Å². The molecule has 0 bridgehead atoms. The quantitative estimate of drug-likeness (QED) is 0.0407. The SMILES string of the molecule is CC(=O)N[C@@H](CCC(=O)NCCNC(=O)C1CCCN(C(=O)[C@H](Cc2ccc(F)cc2)NC(=O)[C@H](Cc2ccc([N+](=O)[O-])cc2)NC(=O)[C@@H]2C=C3c4cccc5[nH]cc(c45)C[C@H]3N(C)C2)C1)C(N)=O. The fraction of sp³-hybridized carbons (Fsp3) is 0.408. The summed E-state index contributed by atoms with van der Waals surface area (Å²) in [5, 5.41) is 26.2. The molecule has 0 spiro atoms. The molecule has 6 atom stereocenters. The summed E-state index contributed by atoms with van der Waals surface area (Å²) in [6.07, 6.45) is 5.47. The summed E-state index contributed by atoms with van der Waals surface area (Å²) in [4.78, 5) is 110. The molecule has 0 saturated carbocycles. The second-order valence-electron chi connectivity index (χ2n) is 18.0. The predicted octanol–water partition coefficient (Wildman–Crippen LogP) is 1.78. The molecule has 3 heterocycles. The first kappa shape index (κ1) is 49.4. The van der Waals surface area contributed by atoms with E-state index in [1.54, 1.807) is 0 Å². The zero-order chi connectivity index (χ0) is 49.4. The minimum Gasteiger partial charge on any atom is -0.368 e. The van der Waals surface area contributed by atoms with Crippen LogP contribution in [0, 0.1) is 27.8 Å². The number of aromatic amines is 1. The Labute approximate surface area is 397 Å². The van der Waals surface area contributed by atoms with Gasteiger partial charge in [-0.1, -0.05) is 42.5 Å². The van der Waals surface area contributed by atoms with Gasteiger partial charge >= 0.3 is 0 Å². The number of hydrogen-bond donors (Lipinski definition) is 7. The smallest absolute Gasteiger partial charge is 0.269 e. The first-order chi connectivity index (χ1) is 33.0. The number of fused-ring (bicyclic) bond motifs is 2. The molecule has 364 valence electrons. The van der Waals surface area contributed by atoms with Crippen LogP contribution in [0.4, 0.5) is 10.1 Å². The number of H-pyrrole nitrogens is 1. The Kier molecular flexibility index (Phi) is 15.8. The third kappa shape index (κ3) is 12.4. The van der Waals surface area contributed by atoms with Crippen molar-refractivity contribution < 1.29 is 42.9 Å². The monoisotopic (exact) mass is 948 g/mol. The van der Waals surface area contributed by atoms with E-state index in [-0.39, 0.29) is 69.5 Å². The molecule has 7 amide bonds. The van der Waals surface area contributed by atoms with Gasteiger partial charge in [0.1, 0.15) is 23.9 Å². The van der Waals surface area contributed by atoms with E-state index in [1.165, 1.54) is 65.9 Å². The second-order valence-corrected chi connectivity index (χ2v) is 18.0. The molecule has 2 aliphatic heterocycles. The average Bonchev–Trinajstić information content (AvgIpc) is 3.75. The molecule has 1 aromatic heterocycles. The van der Waals surface area contributed by atoms with Crippen molar-refractivity contribution in [1.29, 1.82) is 0 Å². The van der Waals surface area contributed by atoms with Crippen LogP contribution in [0.2, 0.25) is 0 Å². The molecular formula is C49H57FN10O9. The van der Waals surface area contributed by atoms with E-state index >= 15 is 0 Å². The lowest BCUT2D eigenvalue weighted by Crippen LogP contribution is -2.58. The van der Waals surface area contributed by atoms with Crippen LogP contribution in [0.1, 0.15) is 54.9 Å². The summed E-state index contributed by atoms with van der Waals surface area (Å²) in [7, 11) is 1.96. The maximum atomic E-state index is 14.6. The minimum atomic E-state index is -1.24. The van der Waals surface area contributed by atoms with Crippen molar-refractivity contribution >= 4 is 63.5 Å². The van der Waals surface area contributed by atoms with Crippen LogP contribution in [0.25, 0.3) is 16.5 Å². The third-order valence-electron chi connectivity index (χ3n) is 13.0. The predicted molar refractivity (Wildman–Crippen MR) is 252 cm³/mol. The first-order valence-electron chi connectivity index (χ1n) is 23.0. The minimum absolute atomic E-state index is 0.00141. The lowest BCUT2D eigenvalue weighted by atomic mass is 9.79. The fourth-order valence-corrected chi connectivity index (χ4v) is 9.46. The Bertz CT molecular complexity index is 2640. The molecule has 0 radical (unpaired) electrons. The van der Waals surface area contributed by atoms with Gasteiger partial charge in [-0.3, -0.25) is 48.6 Å². The van der Waals surface area contributed by atoms with Crippen LogP contribution in [0.15, 0.2) is 79.0 Å². The van der Waals surface area contributed by atoms with Gasteiger partial charge in [0.05, 0.1) is 16.8 Å². The van der Waals surface area contributed by atoms with Crippen LogP contribution in [0.5, 0.6) is 0 Å². The number of benzene rings is 3. The van der Waals surface area contributed by atoms with E-state index in [2.05, 4.69) is 36.5 Å². The van der Waals surface area contributed by atoms with E-state index in [0.717, 1.165) is 28.5 Å². The van der Waals surface area contributed by atoms with E-state index in [9.17, 15) is 48.1 Å². The highest BCUT2D eigenvalue weighted by molar-refractivity contribution is 6.00. The highest BCUT2D eigenvalue weighted by Crippen LogP contribution is 2.41. The number of aromatic nitrogens is 1. The Hall–Kier alpha value is -7.48. The molecule has 69 heavy (non-hydrogen) atoms. The number of non-ortho nitro benzene ring substituents is 1. The van der Waals surface area contributed by atoms with Gasteiger partial charge < -0.3 is 42.2 Å². The second kappa shape index (κ2) is 22.1. The number of halogens is 1. The van der Waals surface area contributed by atoms with Gasteiger partial charge in [0.25, 0.3) is 5.69 Å². The van der Waals surface area contributed by atoms with Crippen LogP contribution in [-0.2, 0) is 52.8 Å². The fourth-order valence-electron chi connectivity index (χ4n) is 9.46. The van der Waals surface area contributed by atoms with Crippen molar-refractivity contribution in [3.05, 3.63) is 117 Å². The molecule has 1 aliphatic carbocycles. The molecule has 1 saturated heterocycles. The summed E-state index contributed by atoms with van der Waals surface area (Å²) < 4.78 is 14.0. The standard InChI is InChI=1S/C49H57FN10O9/c1-28(61)55-39(45(51)63)16-17-43(62)52-18-19-53-46(64)31-5-4-20-59(27-31)49(67)41(22-29-8-12-34(50)13-9-29)57-48(66)40(21-30-10-14-35(15-11-30)60(68)69)56-47(65)33-23-37-36-6-3-7-38-44(36)32(25-54-38)24-42(37)58(2)26-33/h3,6-15,23,25,31,33,39-42,54H,4-5,16-22,24,26-27H2,1-2H3,(H2,51,63)(H,52,62)(H,53,64)(H,55,61)(H,56,65)(H,57,66)/t31?,33-,39+,40+,41+,42-/m1/s1. The van der Waals surface area contributed by atoms with Crippen LogP contribution >= 0.6 is 0 Å². The van der Waals surface area contributed by atoms with Crippen molar-refractivity contribution in [3.63, 3.8) is 0 Å². The van der Waals surface area contributed by atoms with Gasteiger partial charge in [0.15, 0.2) is 0 Å². The van der Waals surface area contributed by atoms with E-state index in [0.29, 0.717) is 30.5 Å². The number of carbonyl (C=O) groups excluding carboxylic acids is 7. The molecule has 8 N–H and O–H groups in total. The zero-order valence-corrected chi connectivity index (χ0v) is 38.4. The number of nitrogens with one attached hydrogen (secondary N) is 6. The summed E-state index contributed by atoms with van der Waals surface area (Å²) in [6, 6.07) is 13.7. The average molecular weight is 949 g/mol. The largest absolute Gasteiger partial charge is 0.368 e. The number of nitro benzene ring substituents is 1. The number of nitrogens with zero attached hydrogens (tertiary/aromatic N) is 3. The summed E-state index contributed by atoms with van der Waals surface area (Å²) >= 11 is 0. The molecule has 3 aliphatic rings. The van der Waals surface area contributed by atoms with Crippen LogP contribution in [-0.4, -0.2) is 125 Å². The van der Waals surface area contributed by atoms with Crippen molar-refractivity contribution in [2.45, 2.75) is 76.0 Å². The number of likely N-dealkylation sites (N-methyl/N-ethyl adjacent to an activating group) is 1. The highest BCUT2D eigenvalue weighted by atomic mass is 19.1. The summed E-state index contributed by atoms with van der Waals surface area (Å²) in [5.74, 6) is -5.37. The van der Waals surface area contributed by atoms with Gasteiger partial charge in [0, 0.05) is 94.2 Å². The number of piperidine rings is 1. The topological polar surface area (TPSA) is 271 Å². The number of primary amides is 1. The molecule has 7 rings (SSSR count). The summed E-state index contributed by atoms with van der Waals surface area (Å²) in [6.45, 7) is 2.05. The van der Waals surface area contributed by atoms with Crippen molar-refractivity contribution in [3.8, 4) is 0 Å². The highest BCUT2D eigenvalue weighted by Gasteiger charge is 2.38. The zero-order valence-electron chi connectivity index (χ0n) is 38.4. The maximum Gasteiger partial charge on any atom is 0.269 e. The normalized spacial score (nSPS) is 18.9. The Morgan fingerprint density at radius 1 is 0.870 bits per heavy atom. The van der Waals surface area contributed by atoms with Gasteiger partial charge in [-0.2, -0.15) is 0 Å². The van der Waals surface area contributed by atoms with Crippen LogP contribution < -0.4 is 32.3 Å². The Balaban J connectivity index is 1.05. The number of nitro groups is 1. The van der Waals surface area contributed by atoms with Crippen molar-refractivity contribution in [2.24, 2.45) is 17.6 Å². The Morgan fingerprint density at radius 3 is 2.26 bits per heavy atom. The van der Waals surface area contributed by atoms with Gasteiger partial charge in [-0.05, 0) is 78.8 Å². The van der Waals surface area contributed by atoms with Crippen LogP contribution in [0.3, 0.4) is 0 Å². The van der Waals surface area contributed by atoms with Crippen molar-refractivity contribution in [2.75, 3.05) is 39.8 Å². The molecule has 4 aromatic rings. The number of amides is 7. The van der Waals surface area contributed by atoms with Crippen molar-refractivity contribution in [1.82, 2.24) is 41.4 Å². The molecule has 1 fully saturated rings. The number of likely N-dealkylation sites (tertiary alicyclic amines) is 1. The molecule has 1 unspecified atom stereocenters. The summed E-state index contributed by atoms with van der Waals surface area (Å²) in [5.41, 5.74) is 10.4.